The molecule has 0 fully saturated rings. The van der Waals surface area contributed by atoms with Gasteiger partial charge in [-0.15, -0.1) is 0 Å². The van der Waals surface area contributed by atoms with E-state index < -0.39 is 11.7 Å². The first-order valence-electron chi connectivity index (χ1n) is 3.38. The molecule has 70 valence electrons. The topological polar surface area (TPSA) is 24.4 Å². The maximum absolute atomic E-state index is 12.1. The molecule has 2 nitrogen and oxygen atoms in total. The van der Waals surface area contributed by atoms with E-state index in [4.69, 9.17) is 0 Å². The molecule has 0 aliphatic carbocycles. The Morgan fingerprint density at radius 3 is 2.17 bits per heavy atom. The summed E-state index contributed by atoms with van der Waals surface area (Å²) in [6.45, 7) is 2.64. The molecule has 0 radical (unpaired) electrons. The van der Waals surface area contributed by atoms with Gasteiger partial charge in [0.25, 0.3) is 0 Å². The van der Waals surface area contributed by atoms with Gasteiger partial charge in [-0.2, -0.15) is 18.3 Å². The smallest absolute Gasteiger partial charge is 0.313 e. The van der Waals surface area contributed by atoms with Gasteiger partial charge >= 0.3 is 6.18 Å². The van der Waals surface area contributed by atoms with Gasteiger partial charge in [-0.1, -0.05) is 6.08 Å². The standard InChI is InChI=1S/C7H11F3N2/c1-4-6(7(8,9)10)5(2)12-11-3/h4,11H,1-3H3/b6-4+,12-5+. The highest BCUT2D eigenvalue weighted by atomic mass is 19.4. The fraction of sp³-hybridized carbons (Fsp3) is 0.571. The molecular weight excluding hydrogens is 169 g/mol. The Kier molecular flexibility index (Phi) is 3.79. The molecule has 0 heterocycles. The lowest BCUT2D eigenvalue weighted by molar-refractivity contribution is -0.0862. The van der Waals surface area contributed by atoms with Gasteiger partial charge in [-0.05, 0) is 13.8 Å². The highest BCUT2D eigenvalue weighted by molar-refractivity contribution is 5.99. The third-order valence-corrected chi connectivity index (χ3v) is 1.26. The Bertz CT molecular complexity index is 203. The minimum atomic E-state index is -4.32. The second-order valence-corrected chi connectivity index (χ2v) is 2.12. The van der Waals surface area contributed by atoms with E-state index in [9.17, 15) is 13.2 Å². The van der Waals surface area contributed by atoms with E-state index in [0.717, 1.165) is 6.08 Å². The number of halogens is 3. The molecule has 5 heteroatoms. The second kappa shape index (κ2) is 4.13. The summed E-state index contributed by atoms with van der Waals surface area (Å²) in [4.78, 5) is 0. The first-order chi connectivity index (χ1) is 5.43. The Hall–Kier alpha value is -1.00. The van der Waals surface area contributed by atoms with Gasteiger partial charge in [0.2, 0.25) is 0 Å². The lowest BCUT2D eigenvalue weighted by Crippen LogP contribution is -2.19. The summed E-state index contributed by atoms with van der Waals surface area (Å²) in [6.07, 6.45) is -3.32. The van der Waals surface area contributed by atoms with E-state index in [-0.39, 0.29) is 5.71 Å². The normalized spacial score (nSPS) is 14.8. The Morgan fingerprint density at radius 2 is 1.92 bits per heavy atom. The van der Waals surface area contributed by atoms with Crippen LogP contribution in [0.15, 0.2) is 16.8 Å². The maximum atomic E-state index is 12.1. The van der Waals surface area contributed by atoms with Crippen molar-refractivity contribution in [3.63, 3.8) is 0 Å². The fourth-order valence-electron chi connectivity index (χ4n) is 0.806. The molecule has 0 aromatic rings. The highest BCUT2D eigenvalue weighted by Gasteiger charge is 2.34. The summed E-state index contributed by atoms with van der Waals surface area (Å²) in [5.74, 6) is 0. The van der Waals surface area contributed by atoms with Crippen molar-refractivity contribution < 1.29 is 13.2 Å². The molecule has 0 amide bonds. The van der Waals surface area contributed by atoms with Gasteiger partial charge in [0.1, 0.15) is 0 Å². The number of rotatable bonds is 2. The van der Waals surface area contributed by atoms with Crippen molar-refractivity contribution in [1.29, 1.82) is 0 Å². The number of hydrazone groups is 1. The lowest BCUT2D eigenvalue weighted by Gasteiger charge is -2.09. The van der Waals surface area contributed by atoms with Gasteiger partial charge < -0.3 is 5.43 Å². The summed E-state index contributed by atoms with van der Waals surface area (Å²) in [6, 6.07) is 0. The quantitative estimate of drug-likeness (QED) is 0.510. The third-order valence-electron chi connectivity index (χ3n) is 1.26. The molecule has 0 rings (SSSR count). The molecule has 0 saturated carbocycles. The Labute approximate surface area is 69.2 Å². The van der Waals surface area contributed by atoms with Crippen LogP contribution >= 0.6 is 0 Å². The SMILES string of the molecule is C/C=C(\C(C)=N\NC)C(F)(F)F. The molecule has 12 heavy (non-hydrogen) atoms. The van der Waals surface area contributed by atoms with E-state index in [1.165, 1.54) is 20.9 Å². The van der Waals surface area contributed by atoms with Crippen LogP contribution in [-0.2, 0) is 0 Å². The van der Waals surface area contributed by atoms with E-state index >= 15 is 0 Å². The van der Waals surface area contributed by atoms with Gasteiger partial charge in [0.15, 0.2) is 0 Å². The first-order valence-corrected chi connectivity index (χ1v) is 3.38. The summed E-state index contributed by atoms with van der Waals surface area (Å²) in [7, 11) is 1.45. The number of alkyl halides is 3. The monoisotopic (exact) mass is 180 g/mol. The number of allylic oxidation sites excluding steroid dienone is 2. The van der Waals surface area contributed by atoms with Crippen LogP contribution in [0.5, 0.6) is 0 Å². The van der Waals surface area contributed by atoms with Gasteiger partial charge in [-0.3, -0.25) is 0 Å². The molecule has 0 aliphatic heterocycles. The number of hydrogen-bond donors (Lipinski definition) is 1. The van der Waals surface area contributed by atoms with E-state index in [2.05, 4.69) is 10.5 Å². The number of hydrogen-bond acceptors (Lipinski definition) is 2. The number of nitrogens with one attached hydrogen (secondary N) is 1. The molecule has 0 atom stereocenters. The van der Waals surface area contributed by atoms with Crippen LogP contribution in [0.2, 0.25) is 0 Å². The molecule has 0 aromatic carbocycles. The molecule has 0 saturated heterocycles. The van der Waals surface area contributed by atoms with Gasteiger partial charge in [0.05, 0.1) is 11.3 Å². The summed E-state index contributed by atoms with van der Waals surface area (Å²) < 4.78 is 36.4. The van der Waals surface area contributed by atoms with Crippen molar-refractivity contribution in [2.75, 3.05) is 7.05 Å². The van der Waals surface area contributed by atoms with Crippen molar-refractivity contribution in [3.05, 3.63) is 11.6 Å². The summed E-state index contributed by atoms with van der Waals surface area (Å²) in [5, 5.41) is 3.44. The fourth-order valence-corrected chi connectivity index (χ4v) is 0.806. The minimum Gasteiger partial charge on any atom is -0.313 e. The summed E-state index contributed by atoms with van der Waals surface area (Å²) in [5.41, 5.74) is 1.53. The van der Waals surface area contributed by atoms with Crippen LogP contribution in [0.4, 0.5) is 13.2 Å². The van der Waals surface area contributed by atoms with Crippen LogP contribution in [0.3, 0.4) is 0 Å². The molecule has 0 spiro atoms. The molecule has 0 aliphatic rings. The lowest BCUT2D eigenvalue weighted by atomic mass is 10.1. The number of nitrogens with zero attached hydrogens (tertiary/aromatic N) is 1. The maximum Gasteiger partial charge on any atom is 0.417 e. The van der Waals surface area contributed by atoms with Gasteiger partial charge in [-0.25, -0.2) is 0 Å². The van der Waals surface area contributed by atoms with Crippen molar-refractivity contribution in [2.45, 2.75) is 20.0 Å². The van der Waals surface area contributed by atoms with Crippen molar-refractivity contribution in [2.24, 2.45) is 5.10 Å². The predicted molar refractivity (Wildman–Crippen MR) is 42.0 cm³/mol. The Morgan fingerprint density at radius 1 is 1.42 bits per heavy atom. The van der Waals surface area contributed by atoms with Crippen LogP contribution in [0, 0.1) is 0 Å². The average molecular weight is 180 g/mol. The first kappa shape index (κ1) is 11.0. The third kappa shape index (κ3) is 2.94. The van der Waals surface area contributed by atoms with E-state index in [0.29, 0.717) is 0 Å². The van der Waals surface area contributed by atoms with E-state index in [1.54, 1.807) is 0 Å². The zero-order chi connectivity index (χ0) is 9.78. The minimum absolute atomic E-state index is 0.0625. The van der Waals surface area contributed by atoms with Crippen molar-refractivity contribution in [1.82, 2.24) is 5.43 Å². The van der Waals surface area contributed by atoms with Crippen LogP contribution in [0.25, 0.3) is 0 Å². The van der Waals surface area contributed by atoms with Crippen LogP contribution < -0.4 is 5.43 Å². The molecule has 1 N–H and O–H groups in total. The molecular formula is C7H11F3N2. The van der Waals surface area contributed by atoms with Gasteiger partial charge in [0, 0.05) is 7.05 Å². The van der Waals surface area contributed by atoms with Crippen LogP contribution in [0.1, 0.15) is 13.8 Å². The zero-order valence-corrected chi connectivity index (χ0v) is 7.16. The summed E-state index contributed by atoms with van der Waals surface area (Å²) >= 11 is 0. The predicted octanol–water partition coefficient (Wildman–Crippen LogP) is 2.09. The van der Waals surface area contributed by atoms with Crippen LogP contribution in [-0.4, -0.2) is 18.9 Å². The highest BCUT2D eigenvalue weighted by Crippen LogP contribution is 2.26. The van der Waals surface area contributed by atoms with Crippen molar-refractivity contribution in [3.8, 4) is 0 Å². The molecule has 0 bridgehead atoms. The van der Waals surface area contributed by atoms with Crippen molar-refractivity contribution >= 4 is 5.71 Å². The Balaban J connectivity index is 4.72. The molecule has 0 aromatic heterocycles. The second-order valence-electron chi connectivity index (χ2n) is 2.12. The molecule has 0 unspecified atom stereocenters. The van der Waals surface area contributed by atoms with E-state index in [1.807, 2.05) is 0 Å². The zero-order valence-electron chi connectivity index (χ0n) is 7.16. The largest absolute Gasteiger partial charge is 0.417 e. The average Bonchev–Trinajstić information content (AvgIpc) is 1.85.